The van der Waals surface area contributed by atoms with Crippen molar-refractivity contribution in [3.8, 4) is 0 Å². The van der Waals surface area contributed by atoms with E-state index in [4.69, 9.17) is 18.0 Å². The van der Waals surface area contributed by atoms with Gasteiger partial charge in [-0.05, 0) is 58.7 Å². The molecular weight excluding hydrogens is 348 g/mol. The van der Waals surface area contributed by atoms with Crippen LogP contribution in [-0.2, 0) is 0 Å². The number of hydrogen-bond donors (Lipinski definition) is 1. The largest absolute Gasteiger partial charge is 0.389 e. The monoisotopic (exact) mass is 362 g/mol. The third-order valence-corrected chi connectivity index (χ3v) is 4.55. The van der Waals surface area contributed by atoms with Gasteiger partial charge in [0.05, 0.1) is 5.56 Å². The first-order chi connectivity index (χ1) is 9.91. The van der Waals surface area contributed by atoms with Crippen LogP contribution < -0.4 is 10.6 Å². The molecule has 0 aliphatic heterocycles. The van der Waals surface area contributed by atoms with E-state index < -0.39 is 0 Å². The molecule has 3 nitrogen and oxygen atoms in total. The maximum Gasteiger partial charge on any atom is 0.259 e. The Morgan fingerprint density at radius 1 is 1.19 bits per heavy atom. The zero-order chi connectivity index (χ0) is 15.6. The molecule has 0 aliphatic carbocycles. The van der Waals surface area contributed by atoms with E-state index in [1.54, 1.807) is 18.0 Å². The minimum Gasteiger partial charge on any atom is -0.389 e. The zero-order valence-corrected chi connectivity index (χ0v) is 14.2. The maximum absolute atomic E-state index is 12.6. The zero-order valence-electron chi connectivity index (χ0n) is 11.8. The number of thiocarbonyl (C=S) groups is 1. The highest BCUT2D eigenvalue weighted by Crippen LogP contribution is 2.24. The standard InChI is InChI=1S/C16H15BrN2OS/c1-10-4-3-5-13(14(10)17)16(20)19(2)12-8-6-11(7-9-12)15(18)21/h3-9H,1-2H3,(H2,18,21). The van der Waals surface area contributed by atoms with E-state index in [2.05, 4.69) is 15.9 Å². The van der Waals surface area contributed by atoms with Crippen molar-refractivity contribution >= 4 is 44.7 Å². The molecule has 0 unspecified atom stereocenters. The van der Waals surface area contributed by atoms with Crippen LogP contribution >= 0.6 is 28.1 Å². The number of hydrogen-bond acceptors (Lipinski definition) is 2. The first kappa shape index (κ1) is 15.7. The number of benzene rings is 2. The average molecular weight is 363 g/mol. The Kier molecular flexibility index (Phi) is 4.75. The fourth-order valence-electron chi connectivity index (χ4n) is 1.96. The van der Waals surface area contributed by atoms with Crippen LogP contribution in [0.25, 0.3) is 0 Å². The lowest BCUT2D eigenvalue weighted by molar-refractivity contribution is 0.0992. The number of aryl methyl sites for hydroxylation is 1. The summed E-state index contributed by atoms with van der Waals surface area (Å²) in [6.07, 6.45) is 0. The Bertz CT molecular complexity index is 698. The minimum atomic E-state index is -0.0753. The van der Waals surface area contributed by atoms with Gasteiger partial charge in [0.1, 0.15) is 4.99 Å². The topological polar surface area (TPSA) is 46.3 Å². The number of carbonyl (C=O) groups excluding carboxylic acids is 1. The molecule has 0 aliphatic rings. The van der Waals surface area contributed by atoms with E-state index in [0.29, 0.717) is 10.6 Å². The van der Waals surface area contributed by atoms with Crippen molar-refractivity contribution < 1.29 is 4.79 Å². The molecule has 108 valence electrons. The van der Waals surface area contributed by atoms with Crippen molar-refractivity contribution in [1.82, 2.24) is 0 Å². The van der Waals surface area contributed by atoms with Crippen LogP contribution in [-0.4, -0.2) is 17.9 Å². The number of halogens is 1. The summed E-state index contributed by atoms with van der Waals surface area (Å²) in [7, 11) is 1.74. The summed E-state index contributed by atoms with van der Waals surface area (Å²) in [5.74, 6) is -0.0753. The highest BCUT2D eigenvalue weighted by Gasteiger charge is 2.17. The molecule has 5 heteroatoms. The lowest BCUT2D eigenvalue weighted by atomic mass is 10.1. The van der Waals surface area contributed by atoms with Gasteiger partial charge in [-0.1, -0.05) is 24.4 Å². The normalized spacial score (nSPS) is 10.2. The van der Waals surface area contributed by atoms with E-state index in [1.807, 2.05) is 43.3 Å². The Balaban J connectivity index is 2.30. The van der Waals surface area contributed by atoms with Crippen LogP contribution in [0.2, 0.25) is 0 Å². The maximum atomic E-state index is 12.6. The minimum absolute atomic E-state index is 0.0753. The molecule has 0 bridgehead atoms. The quantitative estimate of drug-likeness (QED) is 0.847. The predicted octanol–water partition coefficient (Wildman–Crippen LogP) is 3.67. The lowest BCUT2D eigenvalue weighted by Crippen LogP contribution is -2.26. The average Bonchev–Trinajstić information content (AvgIpc) is 2.48. The molecule has 2 rings (SSSR count). The van der Waals surface area contributed by atoms with Crippen LogP contribution in [0, 0.1) is 6.92 Å². The van der Waals surface area contributed by atoms with Crippen molar-refractivity contribution in [2.45, 2.75) is 6.92 Å². The van der Waals surface area contributed by atoms with Gasteiger partial charge in [-0.2, -0.15) is 0 Å². The molecule has 2 aromatic carbocycles. The Labute approximate surface area is 137 Å². The Morgan fingerprint density at radius 3 is 2.38 bits per heavy atom. The molecule has 0 fully saturated rings. The molecule has 0 spiro atoms. The number of nitrogens with zero attached hydrogens (tertiary/aromatic N) is 1. The molecule has 1 amide bonds. The second-order valence-electron chi connectivity index (χ2n) is 4.71. The third-order valence-electron chi connectivity index (χ3n) is 3.27. The second-order valence-corrected chi connectivity index (χ2v) is 5.94. The van der Waals surface area contributed by atoms with Gasteiger partial charge in [-0.3, -0.25) is 4.79 Å². The molecule has 0 heterocycles. The van der Waals surface area contributed by atoms with Crippen LogP contribution in [0.1, 0.15) is 21.5 Å². The van der Waals surface area contributed by atoms with Gasteiger partial charge in [0.15, 0.2) is 0 Å². The molecule has 0 saturated carbocycles. The van der Waals surface area contributed by atoms with Gasteiger partial charge in [-0.25, -0.2) is 0 Å². The van der Waals surface area contributed by atoms with E-state index in [9.17, 15) is 4.79 Å². The smallest absolute Gasteiger partial charge is 0.259 e. The van der Waals surface area contributed by atoms with Gasteiger partial charge < -0.3 is 10.6 Å². The summed E-state index contributed by atoms with van der Waals surface area (Å²) in [5.41, 5.74) is 8.80. The number of rotatable bonds is 3. The summed E-state index contributed by atoms with van der Waals surface area (Å²) >= 11 is 8.39. The van der Waals surface area contributed by atoms with Gasteiger partial charge >= 0.3 is 0 Å². The van der Waals surface area contributed by atoms with E-state index in [-0.39, 0.29) is 5.91 Å². The summed E-state index contributed by atoms with van der Waals surface area (Å²) in [6.45, 7) is 1.96. The van der Waals surface area contributed by atoms with Crippen LogP contribution in [0.4, 0.5) is 5.69 Å². The van der Waals surface area contributed by atoms with Crippen LogP contribution in [0.3, 0.4) is 0 Å². The summed E-state index contributed by atoms with van der Waals surface area (Å²) < 4.78 is 0.821. The van der Waals surface area contributed by atoms with Crippen LogP contribution in [0.15, 0.2) is 46.9 Å². The first-order valence-corrected chi connectivity index (χ1v) is 7.55. The molecular formula is C16H15BrN2OS. The molecule has 0 aromatic heterocycles. The first-order valence-electron chi connectivity index (χ1n) is 6.35. The van der Waals surface area contributed by atoms with E-state index in [1.165, 1.54) is 0 Å². The second kappa shape index (κ2) is 6.37. The highest BCUT2D eigenvalue weighted by atomic mass is 79.9. The van der Waals surface area contributed by atoms with Crippen molar-refractivity contribution in [1.29, 1.82) is 0 Å². The lowest BCUT2D eigenvalue weighted by Gasteiger charge is -2.19. The third kappa shape index (κ3) is 3.31. The van der Waals surface area contributed by atoms with Gasteiger partial charge in [0.25, 0.3) is 5.91 Å². The number of anilines is 1. The molecule has 2 N–H and O–H groups in total. The fourth-order valence-corrected chi connectivity index (χ4v) is 2.53. The Morgan fingerprint density at radius 2 is 1.81 bits per heavy atom. The molecule has 21 heavy (non-hydrogen) atoms. The predicted molar refractivity (Wildman–Crippen MR) is 93.9 cm³/mol. The summed E-state index contributed by atoms with van der Waals surface area (Å²) in [6, 6.07) is 12.9. The van der Waals surface area contributed by atoms with Gasteiger partial charge in [0.2, 0.25) is 0 Å². The number of amides is 1. The van der Waals surface area contributed by atoms with Crippen molar-refractivity contribution in [2.75, 3.05) is 11.9 Å². The van der Waals surface area contributed by atoms with Crippen molar-refractivity contribution in [2.24, 2.45) is 5.73 Å². The van der Waals surface area contributed by atoms with Crippen molar-refractivity contribution in [3.05, 3.63) is 63.6 Å². The molecule has 2 aromatic rings. The number of nitrogens with two attached hydrogens (primary N) is 1. The molecule has 0 atom stereocenters. The fraction of sp³-hybridized carbons (Fsp3) is 0.125. The van der Waals surface area contributed by atoms with Gasteiger partial charge in [-0.15, -0.1) is 0 Å². The van der Waals surface area contributed by atoms with Crippen molar-refractivity contribution in [3.63, 3.8) is 0 Å². The number of carbonyl (C=O) groups is 1. The Hall–Kier alpha value is -1.72. The molecule has 0 radical (unpaired) electrons. The summed E-state index contributed by atoms with van der Waals surface area (Å²) in [5, 5.41) is 0. The molecule has 0 saturated heterocycles. The highest BCUT2D eigenvalue weighted by molar-refractivity contribution is 9.10. The van der Waals surface area contributed by atoms with Crippen LogP contribution in [0.5, 0.6) is 0 Å². The van der Waals surface area contributed by atoms with Gasteiger partial charge in [0, 0.05) is 22.8 Å². The SMILES string of the molecule is Cc1cccc(C(=O)N(C)c2ccc(C(N)=S)cc2)c1Br. The van der Waals surface area contributed by atoms with E-state index >= 15 is 0 Å². The summed E-state index contributed by atoms with van der Waals surface area (Å²) in [4.78, 5) is 14.5. The van der Waals surface area contributed by atoms with E-state index in [0.717, 1.165) is 21.3 Å².